The summed E-state index contributed by atoms with van der Waals surface area (Å²) in [6.45, 7) is 6.07. The fourth-order valence-corrected chi connectivity index (χ4v) is 3.48. The second-order valence-corrected chi connectivity index (χ2v) is 6.79. The molecule has 0 spiro atoms. The van der Waals surface area contributed by atoms with Crippen LogP contribution in [0.2, 0.25) is 0 Å². The number of nitrogens with zero attached hydrogens (tertiary/aromatic N) is 3. The minimum absolute atomic E-state index is 0. The van der Waals surface area contributed by atoms with Gasteiger partial charge in [0, 0.05) is 26.2 Å². The SMILES string of the molecule is CCN1CCCC1CNC(=NC)NCC(c1cccc(F)c1)N(C)C.I. The highest BCUT2D eigenvalue weighted by Gasteiger charge is 2.23. The molecule has 1 aliphatic heterocycles. The van der Waals surface area contributed by atoms with Gasteiger partial charge in [0.25, 0.3) is 0 Å². The molecule has 1 fully saturated rings. The summed E-state index contributed by atoms with van der Waals surface area (Å²) in [5.74, 6) is 0.596. The summed E-state index contributed by atoms with van der Waals surface area (Å²) in [4.78, 5) is 8.92. The van der Waals surface area contributed by atoms with Gasteiger partial charge in [0.15, 0.2) is 5.96 Å². The molecular formula is C19H33FIN5. The van der Waals surface area contributed by atoms with Gasteiger partial charge in [-0.2, -0.15) is 0 Å². The molecule has 1 saturated heterocycles. The van der Waals surface area contributed by atoms with Gasteiger partial charge in [0.05, 0.1) is 6.04 Å². The van der Waals surface area contributed by atoms with Crippen molar-refractivity contribution in [2.45, 2.75) is 31.8 Å². The summed E-state index contributed by atoms with van der Waals surface area (Å²) in [5, 5.41) is 6.82. The van der Waals surface area contributed by atoms with Crippen LogP contribution in [-0.4, -0.2) is 69.1 Å². The number of hydrogen-bond donors (Lipinski definition) is 2. The predicted octanol–water partition coefficient (Wildman–Crippen LogP) is 2.70. The lowest BCUT2D eigenvalue weighted by Crippen LogP contribution is -2.46. The van der Waals surface area contributed by atoms with Gasteiger partial charge in [-0.05, 0) is 57.7 Å². The average Bonchev–Trinajstić information content (AvgIpc) is 3.05. The molecule has 1 aromatic rings. The van der Waals surface area contributed by atoms with Crippen LogP contribution >= 0.6 is 24.0 Å². The lowest BCUT2D eigenvalue weighted by atomic mass is 10.1. The van der Waals surface area contributed by atoms with E-state index in [1.165, 1.54) is 25.5 Å². The van der Waals surface area contributed by atoms with Gasteiger partial charge in [-0.15, -0.1) is 24.0 Å². The Balaban J connectivity index is 0.00000338. The van der Waals surface area contributed by atoms with Gasteiger partial charge >= 0.3 is 0 Å². The van der Waals surface area contributed by atoms with Crippen LogP contribution < -0.4 is 10.6 Å². The van der Waals surface area contributed by atoms with Gasteiger partial charge < -0.3 is 15.5 Å². The van der Waals surface area contributed by atoms with Crippen LogP contribution in [0.25, 0.3) is 0 Å². The molecule has 0 amide bonds. The summed E-state index contributed by atoms with van der Waals surface area (Å²) in [5.41, 5.74) is 0.959. The number of guanidine groups is 1. The van der Waals surface area contributed by atoms with Gasteiger partial charge in [0.2, 0.25) is 0 Å². The highest BCUT2D eigenvalue weighted by molar-refractivity contribution is 14.0. The molecule has 26 heavy (non-hydrogen) atoms. The first-order chi connectivity index (χ1) is 12.0. The lowest BCUT2D eigenvalue weighted by Gasteiger charge is -2.27. The second kappa shape index (κ2) is 11.7. The molecule has 148 valence electrons. The molecule has 2 rings (SSSR count). The summed E-state index contributed by atoms with van der Waals surface area (Å²) in [6, 6.07) is 7.45. The van der Waals surface area contributed by atoms with Crippen LogP contribution in [0.15, 0.2) is 29.3 Å². The van der Waals surface area contributed by atoms with E-state index in [0.29, 0.717) is 12.6 Å². The van der Waals surface area contributed by atoms with Crippen LogP contribution in [0.4, 0.5) is 4.39 Å². The highest BCUT2D eigenvalue weighted by atomic mass is 127. The summed E-state index contributed by atoms with van der Waals surface area (Å²) < 4.78 is 13.5. The summed E-state index contributed by atoms with van der Waals surface area (Å²) in [7, 11) is 5.80. The molecule has 1 heterocycles. The fourth-order valence-electron chi connectivity index (χ4n) is 3.48. The summed E-state index contributed by atoms with van der Waals surface area (Å²) in [6.07, 6.45) is 2.51. The van der Waals surface area contributed by atoms with E-state index in [1.54, 1.807) is 19.2 Å². The third kappa shape index (κ3) is 6.66. The monoisotopic (exact) mass is 477 g/mol. The topological polar surface area (TPSA) is 42.9 Å². The standard InChI is InChI=1S/C19H32FN5.HI/c1-5-25-11-7-10-17(25)13-22-19(21-2)23-14-18(24(3)4)15-8-6-9-16(20)12-15;/h6,8-9,12,17-18H,5,7,10-11,13-14H2,1-4H3,(H2,21,22,23);1H. The predicted molar refractivity (Wildman–Crippen MR) is 118 cm³/mol. The van der Waals surface area contributed by atoms with Crippen molar-refractivity contribution in [3.8, 4) is 0 Å². The molecular weight excluding hydrogens is 444 g/mol. The third-order valence-electron chi connectivity index (χ3n) is 4.95. The van der Waals surface area contributed by atoms with Crippen molar-refractivity contribution in [1.82, 2.24) is 20.4 Å². The molecule has 0 aliphatic carbocycles. The molecule has 1 aliphatic rings. The molecule has 2 unspecified atom stereocenters. The van der Waals surface area contributed by atoms with Crippen LogP contribution in [0, 0.1) is 5.82 Å². The minimum atomic E-state index is -0.201. The Kier molecular flexibility index (Phi) is 10.4. The third-order valence-corrected chi connectivity index (χ3v) is 4.95. The first-order valence-corrected chi connectivity index (χ1v) is 9.15. The van der Waals surface area contributed by atoms with Crippen molar-refractivity contribution >= 4 is 29.9 Å². The van der Waals surface area contributed by atoms with Crippen LogP contribution in [-0.2, 0) is 0 Å². The molecule has 0 radical (unpaired) electrons. The zero-order valence-electron chi connectivity index (χ0n) is 16.3. The Labute approximate surface area is 174 Å². The Bertz CT molecular complexity index is 567. The molecule has 2 atom stereocenters. The van der Waals surface area contributed by atoms with Gasteiger partial charge in [-0.3, -0.25) is 9.89 Å². The van der Waals surface area contributed by atoms with E-state index in [0.717, 1.165) is 24.6 Å². The number of hydrogen-bond acceptors (Lipinski definition) is 3. The van der Waals surface area contributed by atoms with Crippen molar-refractivity contribution in [2.75, 3.05) is 47.3 Å². The second-order valence-electron chi connectivity index (χ2n) is 6.79. The van der Waals surface area contributed by atoms with E-state index in [-0.39, 0.29) is 35.8 Å². The Morgan fingerprint density at radius 3 is 2.77 bits per heavy atom. The van der Waals surface area contributed by atoms with E-state index in [2.05, 4.69) is 32.3 Å². The minimum Gasteiger partial charge on any atom is -0.355 e. The number of likely N-dealkylation sites (tertiary alicyclic amines) is 1. The highest BCUT2D eigenvalue weighted by Crippen LogP contribution is 2.18. The zero-order valence-corrected chi connectivity index (χ0v) is 18.7. The van der Waals surface area contributed by atoms with Gasteiger partial charge in [0.1, 0.15) is 5.82 Å². The van der Waals surface area contributed by atoms with E-state index >= 15 is 0 Å². The number of nitrogens with one attached hydrogen (secondary N) is 2. The molecule has 1 aromatic carbocycles. The fraction of sp³-hybridized carbons (Fsp3) is 0.632. The first-order valence-electron chi connectivity index (χ1n) is 9.15. The molecule has 0 aromatic heterocycles. The van der Waals surface area contributed by atoms with Crippen LogP contribution in [0.5, 0.6) is 0 Å². The van der Waals surface area contributed by atoms with Crippen molar-refractivity contribution in [3.63, 3.8) is 0 Å². The Hall–Kier alpha value is -0.930. The maximum absolute atomic E-state index is 13.5. The Morgan fingerprint density at radius 2 is 2.15 bits per heavy atom. The number of rotatable bonds is 7. The molecule has 0 bridgehead atoms. The number of benzene rings is 1. The molecule has 2 N–H and O–H groups in total. The van der Waals surface area contributed by atoms with Gasteiger partial charge in [-0.1, -0.05) is 19.1 Å². The maximum Gasteiger partial charge on any atom is 0.191 e. The maximum atomic E-state index is 13.5. The molecule has 7 heteroatoms. The smallest absolute Gasteiger partial charge is 0.191 e. The zero-order chi connectivity index (χ0) is 18.2. The van der Waals surface area contributed by atoms with Gasteiger partial charge in [-0.25, -0.2) is 4.39 Å². The quantitative estimate of drug-likeness (QED) is 0.360. The lowest BCUT2D eigenvalue weighted by molar-refractivity contribution is 0.266. The average molecular weight is 477 g/mol. The van der Waals surface area contributed by atoms with Crippen LogP contribution in [0.1, 0.15) is 31.4 Å². The van der Waals surface area contributed by atoms with E-state index in [1.807, 2.05) is 20.2 Å². The van der Waals surface area contributed by atoms with Crippen molar-refractivity contribution in [1.29, 1.82) is 0 Å². The van der Waals surface area contributed by atoms with E-state index in [4.69, 9.17) is 0 Å². The Morgan fingerprint density at radius 1 is 1.38 bits per heavy atom. The number of halogens is 2. The van der Waals surface area contributed by atoms with Crippen molar-refractivity contribution in [2.24, 2.45) is 4.99 Å². The summed E-state index contributed by atoms with van der Waals surface area (Å²) >= 11 is 0. The van der Waals surface area contributed by atoms with Crippen molar-refractivity contribution < 1.29 is 4.39 Å². The number of aliphatic imine (C=N–C) groups is 1. The van der Waals surface area contributed by atoms with E-state index in [9.17, 15) is 4.39 Å². The van der Waals surface area contributed by atoms with E-state index < -0.39 is 0 Å². The largest absolute Gasteiger partial charge is 0.355 e. The normalized spacial score (nSPS) is 19.3. The van der Waals surface area contributed by atoms with Crippen LogP contribution in [0.3, 0.4) is 0 Å². The van der Waals surface area contributed by atoms with Crippen molar-refractivity contribution in [3.05, 3.63) is 35.6 Å². The number of likely N-dealkylation sites (N-methyl/N-ethyl adjacent to an activating group) is 2. The first kappa shape index (κ1) is 23.1. The molecule has 5 nitrogen and oxygen atoms in total. The molecule has 0 saturated carbocycles.